The number of imidazole rings is 1. The fourth-order valence-corrected chi connectivity index (χ4v) is 2.31. The molecule has 0 fully saturated rings. The van der Waals surface area contributed by atoms with Crippen molar-refractivity contribution in [2.45, 2.75) is 6.54 Å². The number of para-hydroxylation sites is 3. The van der Waals surface area contributed by atoms with Gasteiger partial charge in [-0.2, -0.15) is 0 Å². The summed E-state index contributed by atoms with van der Waals surface area (Å²) in [6.45, 7) is 2.18. The molecule has 3 aromatic rings. The molecule has 0 aliphatic rings. The molecule has 0 spiro atoms. The first-order chi connectivity index (χ1) is 10.3. The zero-order valence-corrected chi connectivity index (χ0v) is 12.1. The lowest BCUT2D eigenvalue weighted by atomic mass is 10.3. The van der Waals surface area contributed by atoms with Gasteiger partial charge in [0.2, 0.25) is 0 Å². The van der Waals surface area contributed by atoms with Crippen LogP contribution in [-0.4, -0.2) is 22.7 Å². The minimum absolute atomic E-state index is 0.647. The smallest absolute Gasteiger partial charge is 0.123 e. The summed E-state index contributed by atoms with van der Waals surface area (Å²) in [5.74, 6) is 1.94. The van der Waals surface area contributed by atoms with Crippen LogP contribution < -0.4 is 10.1 Å². The first-order valence-electron chi connectivity index (χ1n) is 7.13. The van der Waals surface area contributed by atoms with E-state index in [-0.39, 0.29) is 0 Å². The van der Waals surface area contributed by atoms with Crippen molar-refractivity contribution in [1.29, 1.82) is 0 Å². The van der Waals surface area contributed by atoms with Crippen LogP contribution in [0.3, 0.4) is 0 Å². The normalized spacial score (nSPS) is 10.9. The van der Waals surface area contributed by atoms with Crippen molar-refractivity contribution < 1.29 is 4.74 Å². The van der Waals surface area contributed by atoms with Crippen molar-refractivity contribution >= 4 is 11.0 Å². The molecule has 0 amide bonds. The Bertz CT molecular complexity index is 706. The van der Waals surface area contributed by atoms with Crippen LogP contribution in [0.15, 0.2) is 54.6 Å². The second-order valence-corrected chi connectivity index (χ2v) is 4.91. The zero-order chi connectivity index (χ0) is 14.5. The molecule has 1 N–H and O–H groups in total. The van der Waals surface area contributed by atoms with Gasteiger partial charge in [-0.3, -0.25) is 0 Å². The van der Waals surface area contributed by atoms with E-state index in [0.717, 1.165) is 35.7 Å². The monoisotopic (exact) mass is 281 g/mol. The first kappa shape index (κ1) is 13.6. The van der Waals surface area contributed by atoms with E-state index in [9.17, 15) is 0 Å². The molecule has 4 heteroatoms. The summed E-state index contributed by atoms with van der Waals surface area (Å²) in [5.41, 5.74) is 2.20. The molecule has 108 valence electrons. The van der Waals surface area contributed by atoms with Crippen molar-refractivity contribution in [2.24, 2.45) is 7.05 Å². The fourth-order valence-electron chi connectivity index (χ4n) is 2.31. The number of rotatable bonds is 6. The highest BCUT2D eigenvalue weighted by Gasteiger charge is 2.05. The van der Waals surface area contributed by atoms with E-state index >= 15 is 0 Å². The summed E-state index contributed by atoms with van der Waals surface area (Å²) >= 11 is 0. The molecule has 2 aromatic carbocycles. The molecule has 21 heavy (non-hydrogen) atoms. The summed E-state index contributed by atoms with van der Waals surface area (Å²) in [6, 6.07) is 18.0. The molecule has 0 atom stereocenters. The van der Waals surface area contributed by atoms with Gasteiger partial charge in [-0.15, -0.1) is 0 Å². The van der Waals surface area contributed by atoms with Crippen molar-refractivity contribution in [3.05, 3.63) is 60.4 Å². The molecule has 1 heterocycles. The molecule has 4 nitrogen and oxygen atoms in total. The molecule has 0 saturated heterocycles. The Morgan fingerprint density at radius 3 is 2.62 bits per heavy atom. The Hall–Kier alpha value is -2.33. The summed E-state index contributed by atoms with van der Waals surface area (Å²) in [7, 11) is 2.05. The lowest BCUT2D eigenvalue weighted by Gasteiger charge is -2.07. The van der Waals surface area contributed by atoms with Crippen molar-refractivity contribution in [2.75, 3.05) is 13.2 Å². The van der Waals surface area contributed by atoms with Crippen molar-refractivity contribution in [3.63, 3.8) is 0 Å². The number of benzene rings is 2. The third kappa shape index (κ3) is 3.23. The summed E-state index contributed by atoms with van der Waals surface area (Å²) in [4.78, 5) is 4.63. The molecule has 1 aromatic heterocycles. The molecule has 0 aliphatic carbocycles. The fraction of sp³-hybridized carbons (Fsp3) is 0.235. The topological polar surface area (TPSA) is 39.1 Å². The van der Waals surface area contributed by atoms with Gasteiger partial charge >= 0.3 is 0 Å². The van der Waals surface area contributed by atoms with Crippen LogP contribution in [0.4, 0.5) is 0 Å². The van der Waals surface area contributed by atoms with Crippen LogP contribution in [0.1, 0.15) is 5.82 Å². The van der Waals surface area contributed by atoms with Crippen LogP contribution in [0.5, 0.6) is 5.75 Å². The second-order valence-electron chi connectivity index (χ2n) is 4.91. The van der Waals surface area contributed by atoms with Gasteiger partial charge in [0.05, 0.1) is 17.6 Å². The zero-order valence-electron chi connectivity index (χ0n) is 12.1. The maximum atomic E-state index is 5.64. The van der Waals surface area contributed by atoms with E-state index in [4.69, 9.17) is 4.74 Å². The molecule has 0 aliphatic heterocycles. The highest BCUT2D eigenvalue weighted by molar-refractivity contribution is 5.75. The minimum atomic E-state index is 0.647. The Kier molecular flexibility index (Phi) is 4.17. The third-order valence-electron chi connectivity index (χ3n) is 3.45. The number of hydrogen-bond acceptors (Lipinski definition) is 3. The minimum Gasteiger partial charge on any atom is -0.492 e. The number of hydrogen-bond donors (Lipinski definition) is 1. The van der Waals surface area contributed by atoms with Crippen LogP contribution >= 0.6 is 0 Å². The maximum Gasteiger partial charge on any atom is 0.123 e. The number of ether oxygens (including phenoxy) is 1. The van der Waals surface area contributed by atoms with Gasteiger partial charge < -0.3 is 14.6 Å². The summed E-state index contributed by atoms with van der Waals surface area (Å²) in [6.07, 6.45) is 0. The number of nitrogens with zero attached hydrogens (tertiary/aromatic N) is 2. The van der Waals surface area contributed by atoms with Crippen molar-refractivity contribution in [3.8, 4) is 5.75 Å². The molecule has 0 saturated carbocycles. The largest absolute Gasteiger partial charge is 0.492 e. The predicted octanol–water partition coefficient (Wildman–Crippen LogP) is 2.74. The van der Waals surface area contributed by atoms with Gasteiger partial charge in [0.1, 0.15) is 18.2 Å². The number of fused-ring (bicyclic) bond motifs is 1. The van der Waals surface area contributed by atoms with Gasteiger partial charge in [0.25, 0.3) is 0 Å². The van der Waals surface area contributed by atoms with Gasteiger partial charge in [0, 0.05) is 13.6 Å². The van der Waals surface area contributed by atoms with Gasteiger partial charge in [-0.25, -0.2) is 4.98 Å². The van der Waals surface area contributed by atoms with Gasteiger partial charge in [-0.05, 0) is 24.3 Å². The maximum absolute atomic E-state index is 5.64. The quantitative estimate of drug-likeness (QED) is 0.706. The Morgan fingerprint density at radius 2 is 1.81 bits per heavy atom. The van der Waals surface area contributed by atoms with Crippen LogP contribution in [0, 0.1) is 0 Å². The Labute approximate surface area is 124 Å². The summed E-state index contributed by atoms with van der Waals surface area (Å²) in [5, 5.41) is 3.37. The highest BCUT2D eigenvalue weighted by atomic mass is 16.5. The highest BCUT2D eigenvalue weighted by Crippen LogP contribution is 2.13. The molecule has 0 radical (unpaired) electrons. The molecular formula is C17H19N3O. The van der Waals surface area contributed by atoms with Crippen LogP contribution in [0.2, 0.25) is 0 Å². The van der Waals surface area contributed by atoms with Crippen molar-refractivity contribution in [1.82, 2.24) is 14.9 Å². The van der Waals surface area contributed by atoms with Crippen LogP contribution in [0.25, 0.3) is 11.0 Å². The Morgan fingerprint density at radius 1 is 1.05 bits per heavy atom. The number of aryl methyl sites for hydroxylation is 1. The summed E-state index contributed by atoms with van der Waals surface area (Å²) < 4.78 is 7.77. The third-order valence-corrected chi connectivity index (χ3v) is 3.45. The SMILES string of the molecule is Cn1c(CNCCOc2ccccc2)nc2ccccc21. The van der Waals surface area contributed by atoms with E-state index in [2.05, 4.69) is 20.9 Å². The van der Waals surface area contributed by atoms with E-state index in [1.54, 1.807) is 0 Å². The average molecular weight is 281 g/mol. The number of nitrogens with one attached hydrogen (secondary N) is 1. The molecule has 0 bridgehead atoms. The first-order valence-corrected chi connectivity index (χ1v) is 7.13. The van der Waals surface area contributed by atoms with E-state index < -0.39 is 0 Å². The van der Waals surface area contributed by atoms with Crippen LogP contribution in [-0.2, 0) is 13.6 Å². The second kappa shape index (κ2) is 6.41. The standard InChI is InChI=1S/C17H19N3O/c1-20-16-10-6-5-9-15(16)19-17(20)13-18-11-12-21-14-7-3-2-4-8-14/h2-10,18H,11-13H2,1H3. The lowest BCUT2D eigenvalue weighted by molar-refractivity contribution is 0.313. The predicted molar refractivity (Wildman–Crippen MR) is 84.4 cm³/mol. The Balaban J connectivity index is 1.49. The average Bonchev–Trinajstić information content (AvgIpc) is 2.85. The number of aromatic nitrogens is 2. The van der Waals surface area contributed by atoms with Gasteiger partial charge in [-0.1, -0.05) is 30.3 Å². The van der Waals surface area contributed by atoms with E-state index in [1.807, 2.05) is 55.6 Å². The molecular weight excluding hydrogens is 262 g/mol. The van der Waals surface area contributed by atoms with E-state index in [1.165, 1.54) is 0 Å². The molecule has 0 unspecified atom stereocenters. The molecule has 3 rings (SSSR count). The van der Waals surface area contributed by atoms with E-state index in [0.29, 0.717) is 6.61 Å². The van der Waals surface area contributed by atoms with Gasteiger partial charge in [0.15, 0.2) is 0 Å². The lowest BCUT2D eigenvalue weighted by Crippen LogP contribution is -2.22.